The fourth-order valence-electron chi connectivity index (χ4n) is 3.31. The van der Waals surface area contributed by atoms with E-state index in [1.54, 1.807) is 18.2 Å². The quantitative estimate of drug-likeness (QED) is 0.469. The van der Waals surface area contributed by atoms with Crippen molar-refractivity contribution in [3.63, 3.8) is 0 Å². The van der Waals surface area contributed by atoms with Gasteiger partial charge in [-0.2, -0.15) is 0 Å². The molecule has 2 amide bonds. The zero-order valence-corrected chi connectivity index (χ0v) is 16.4. The van der Waals surface area contributed by atoms with Gasteiger partial charge in [0.15, 0.2) is 0 Å². The molecule has 0 saturated heterocycles. The first kappa shape index (κ1) is 20.8. The molecule has 3 aromatic carbocycles. The van der Waals surface area contributed by atoms with Gasteiger partial charge in [0.2, 0.25) is 5.91 Å². The molecule has 0 unspecified atom stereocenters. The van der Waals surface area contributed by atoms with Gasteiger partial charge in [-0.1, -0.05) is 66.7 Å². The number of carbonyl (C=O) groups is 3. The molecule has 0 radical (unpaired) electrons. The first-order chi connectivity index (χ1) is 14.5. The molecule has 0 aliphatic heterocycles. The highest BCUT2D eigenvalue weighted by atomic mass is 16.5. The van der Waals surface area contributed by atoms with Crippen LogP contribution >= 0.6 is 0 Å². The van der Waals surface area contributed by atoms with Crippen molar-refractivity contribution < 1.29 is 19.1 Å². The van der Waals surface area contributed by atoms with Crippen molar-refractivity contribution >= 4 is 17.8 Å². The number of rotatable bonds is 7. The molecule has 0 aliphatic carbocycles. The van der Waals surface area contributed by atoms with Gasteiger partial charge in [0.1, 0.15) is 11.8 Å². The summed E-state index contributed by atoms with van der Waals surface area (Å²) in [6.45, 7) is 1.28. The molecule has 1 atom stereocenters. The third kappa shape index (κ3) is 5.11. The average Bonchev–Trinajstić information content (AvgIpc) is 2.74. The summed E-state index contributed by atoms with van der Waals surface area (Å²) < 4.78 is 5.03. The number of ether oxygens (including phenoxy) is 1. The fraction of sp³-hybridized carbons (Fsp3) is 0.125. The van der Waals surface area contributed by atoms with Crippen LogP contribution in [0, 0.1) is 0 Å². The third-order valence-electron chi connectivity index (χ3n) is 4.60. The molecule has 0 spiro atoms. The van der Waals surface area contributed by atoms with Crippen LogP contribution in [-0.4, -0.2) is 23.8 Å². The Balaban J connectivity index is 1.94. The summed E-state index contributed by atoms with van der Waals surface area (Å²) in [4.78, 5) is 36.5. The first-order valence-electron chi connectivity index (χ1n) is 9.44. The van der Waals surface area contributed by atoms with Crippen LogP contribution in [0.5, 0.6) is 5.75 Å². The summed E-state index contributed by atoms with van der Waals surface area (Å²) in [7, 11) is 0. The number of hydrogen-bond donors (Lipinski definition) is 2. The van der Waals surface area contributed by atoms with Crippen molar-refractivity contribution in [2.75, 3.05) is 0 Å². The topological polar surface area (TPSA) is 98.5 Å². The summed E-state index contributed by atoms with van der Waals surface area (Å²) in [6, 6.07) is 24.0. The summed E-state index contributed by atoms with van der Waals surface area (Å²) in [6.07, 6.45) is 0. The van der Waals surface area contributed by atoms with Crippen LogP contribution in [0.1, 0.15) is 34.3 Å². The molecule has 6 heteroatoms. The average molecular weight is 402 g/mol. The van der Waals surface area contributed by atoms with Gasteiger partial charge < -0.3 is 15.8 Å². The second-order valence-electron chi connectivity index (χ2n) is 6.77. The molecule has 152 valence electrons. The monoisotopic (exact) mass is 402 g/mol. The van der Waals surface area contributed by atoms with Crippen molar-refractivity contribution in [2.45, 2.75) is 18.9 Å². The van der Waals surface area contributed by atoms with Crippen LogP contribution in [0.15, 0.2) is 84.9 Å². The van der Waals surface area contributed by atoms with Crippen LogP contribution in [0.2, 0.25) is 0 Å². The van der Waals surface area contributed by atoms with Crippen molar-refractivity contribution in [1.29, 1.82) is 0 Å². The molecule has 0 aromatic heterocycles. The maximum Gasteiger partial charge on any atom is 0.308 e. The number of esters is 1. The molecule has 6 nitrogen and oxygen atoms in total. The van der Waals surface area contributed by atoms with E-state index >= 15 is 0 Å². The summed E-state index contributed by atoms with van der Waals surface area (Å²) in [5.41, 5.74) is 7.66. The second kappa shape index (κ2) is 9.52. The molecule has 0 bridgehead atoms. The van der Waals surface area contributed by atoms with E-state index in [0.717, 1.165) is 11.1 Å². The smallest absolute Gasteiger partial charge is 0.308 e. The van der Waals surface area contributed by atoms with Crippen molar-refractivity contribution in [3.05, 3.63) is 102 Å². The second-order valence-corrected chi connectivity index (χ2v) is 6.77. The van der Waals surface area contributed by atoms with Crippen molar-refractivity contribution in [2.24, 2.45) is 5.73 Å². The lowest BCUT2D eigenvalue weighted by molar-refractivity contribution is -0.131. The highest BCUT2D eigenvalue weighted by Crippen LogP contribution is 2.28. The molecule has 3 rings (SSSR count). The molecule has 0 saturated carbocycles. The van der Waals surface area contributed by atoms with E-state index in [-0.39, 0.29) is 11.3 Å². The Kier molecular flexibility index (Phi) is 6.60. The summed E-state index contributed by atoms with van der Waals surface area (Å²) in [5.74, 6) is -1.86. The zero-order valence-electron chi connectivity index (χ0n) is 16.4. The van der Waals surface area contributed by atoms with Crippen LogP contribution in [0.4, 0.5) is 0 Å². The predicted octanol–water partition coefficient (Wildman–Crippen LogP) is 3.03. The van der Waals surface area contributed by atoms with Crippen molar-refractivity contribution in [3.8, 4) is 5.75 Å². The Bertz CT molecular complexity index is 996. The molecule has 0 heterocycles. The van der Waals surface area contributed by atoms with Gasteiger partial charge in [-0.25, -0.2) is 0 Å². The minimum Gasteiger partial charge on any atom is -0.427 e. The largest absolute Gasteiger partial charge is 0.427 e. The van der Waals surface area contributed by atoms with E-state index in [9.17, 15) is 14.4 Å². The maximum atomic E-state index is 12.9. The summed E-state index contributed by atoms with van der Waals surface area (Å²) >= 11 is 0. The number of nitrogens with one attached hydrogen (secondary N) is 1. The maximum absolute atomic E-state index is 12.9. The molecule has 0 aliphatic rings. The highest BCUT2D eigenvalue weighted by molar-refractivity contribution is 5.98. The minimum atomic E-state index is -0.986. The normalized spacial score (nSPS) is 11.5. The van der Waals surface area contributed by atoms with Crippen LogP contribution in [0.25, 0.3) is 0 Å². The molecule has 3 N–H and O–H groups in total. The number of benzene rings is 3. The van der Waals surface area contributed by atoms with E-state index in [4.69, 9.17) is 10.5 Å². The van der Waals surface area contributed by atoms with E-state index < -0.39 is 29.7 Å². The van der Waals surface area contributed by atoms with Crippen LogP contribution in [0.3, 0.4) is 0 Å². The van der Waals surface area contributed by atoms with Gasteiger partial charge in [-0.15, -0.1) is 0 Å². The minimum absolute atomic E-state index is 0.244. The van der Waals surface area contributed by atoms with Gasteiger partial charge in [-0.3, -0.25) is 14.4 Å². The first-order valence-corrected chi connectivity index (χ1v) is 9.44. The van der Waals surface area contributed by atoms with E-state index in [0.29, 0.717) is 0 Å². The molecule has 30 heavy (non-hydrogen) atoms. The Morgan fingerprint density at radius 2 is 1.40 bits per heavy atom. The van der Waals surface area contributed by atoms with Gasteiger partial charge in [-0.05, 0) is 29.3 Å². The highest BCUT2D eigenvalue weighted by Gasteiger charge is 2.31. The Hall–Kier alpha value is -3.93. The van der Waals surface area contributed by atoms with E-state index in [1.165, 1.54) is 13.0 Å². The third-order valence-corrected chi connectivity index (χ3v) is 4.60. The number of amides is 2. The van der Waals surface area contributed by atoms with E-state index in [1.807, 2.05) is 60.7 Å². The lowest BCUT2D eigenvalue weighted by Crippen LogP contribution is -2.48. The molecule has 0 fully saturated rings. The zero-order chi connectivity index (χ0) is 21.5. The summed E-state index contributed by atoms with van der Waals surface area (Å²) in [5, 5.41) is 2.76. The van der Waals surface area contributed by atoms with E-state index in [2.05, 4.69) is 5.32 Å². The number of nitrogens with two attached hydrogens (primary N) is 1. The lowest BCUT2D eigenvalue weighted by atomic mass is 9.84. The van der Waals surface area contributed by atoms with Gasteiger partial charge >= 0.3 is 5.97 Å². The van der Waals surface area contributed by atoms with Gasteiger partial charge in [0, 0.05) is 18.4 Å². The number of primary amides is 1. The van der Waals surface area contributed by atoms with Crippen molar-refractivity contribution in [1.82, 2.24) is 5.32 Å². The fourth-order valence-corrected chi connectivity index (χ4v) is 3.31. The molecular formula is C24H22N2O4. The van der Waals surface area contributed by atoms with Gasteiger partial charge in [0.05, 0.1) is 0 Å². The SMILES string of the molecule is CC(=O)Oc1cccc(C(=O)N[C@H](C(N)=O)C(c2ccccc2)c2ccccc2)c1. The predicted molar refractivity (Wildman–Crippen MR) is 113 cm³/mol. The Morgan fingerprint density at radius 1 is 0.833 bits per heavy atom. The Labute approximate surface area is 174 Å². The lowest BCUT2D eigenvalue weighted by Gasteiger charge is -2.27. The molecular weight excluding hydrogens is 380 g/mol. The Morgan fingerprint density at radius 3 is 1.90 bits per heavy atom. The number of hydrogen-bond acceptors (Lipinski definition) is 4. The number of carbonyl (C=O) groups excluding carboxylic acids is 3. The molecule has 3 aromatic rings. The van der Waals surface area contributed by atoms with Crippen LogP contribution in [-0.2, 0) is 9.59 Å². The van der Waals surface area contributed by atoms with Crippen LogP contribution < -0.4 is 15.8 Å². The standard InChI is InChI=1S/C24H22N2O4/c1-16(27)30-20-14-8-13-19(15-20)24(29)26-22(23(25)28)21(17-9-4-2-5-10-17)18-11-6-3-7-12-18/h2-15,21-22H,1H3,(H2,25,28)(H,26,29)/t22-/m0/s1. The van der Waals surface area contributed by atoms with Gasteiger partial charge in [0.25, 0.3) is 5.91 Å².